The van der Waals surface area contributed by atoms with Gasteiger partial charge in [0.2, 0.25) is 5.91 Å². The zero-order valence-corrected chi connectivity index (χ0v) is 16.4. The van der Waals surface area contributed by atoms with Crippen LogP contribution in [0.4, 0.5) is 0 Å². The number of aromatic nitrogens is 2. The molecule has 2 aliphatic heterocycles. The lowest BCUT2D eigenvalue weighted by Gasteiger charge is -2.20. The fourth-order valence-electron chi connectivity index (χ4n) is 4.00. The molecule has 2 aliphatic rings. The largest absolute Gasteiger partial charge is 0.341 e. The molecular weight excluding hydrogens is 348 g/mol. The quantitative estimate of drug-likeness (QED) is 0.824. The molecule has 1 amide bonds. The van der Waals surface area contributed by atoms with Crippen LogP contribution in [0.3, 0.4) is 0 Å². The Kier molecular flexibility index (Phi) is 4.84. The number of thiophene rings is 1. The van der Waals surface area contributed by atoms with E-state index in [4.69, 9.17) is 4.98 Å². The number of carbonyl (C=O) groups is 1. The van der Waals surface area contributed by atoms with E-state index in [-0.39, 0.29) is 18.0 Å². The Morgan fingerprint density at radius 1 is 1.08 bits per heavy atom. The van der Waals surface area contributed by atoms with Crippen molar-refractivity contribution in [3.63, 3.8) is 0 Å². The van der Waals surface area contributed by atoms with Gasteiger partial charge in [-0.2, -0.15) is 0 Å². The molecule has 0 saturated carbocycles. The van der Waals surface area contributed by atoms with E-state index >= 15 is 0 Å². The van der Waals surface area contributed by atoms with Gasteiger partial charge in [0.15, 0.2) is 0 Å². The summed E-state index contributed by atoms with van der Waals surface area (Å²) in [5.41, 5.74) is 0.941. The third kappa shape index (κ3) is 3.18. The third-order valence-electron chi connectivity index (χ3n) is 5.68. The molecular formula is C19H26N4O2S. The molecule has 0 N–H and O–H groups in total. The van der Waals surface area contributed by atoms with Crippen LogP contribution in [-0.4, -0.2) is 51.4 Å². The molecule has 6 nitrogen and oxygen atoms in total. The van der Waals surface area contributed by atoms with Crippen LogP contribution in [0, 0.1) is 13.8 Å². The lowest BCUT2D eigenvalue weighted by molar-refractivity contribution is -0.130. The van der Waals surface area contributed by atoms with Gasteiger partial charge >= 0.3 is 0 Å². The van der Waals surface area contributed by atoms with Crippen molar-refractivity contribution in [1.82, 2.24) is 19.4 Å². The van der Waals surface area contributed by atoms with Gasteiger partial charge in [-0.15, -0.1) is 11.3 Å². The minimum atomic E-state index is -0.0569. The molecule has 4 rings (SSSR count). The molecule has 0 spiro atoms. The monoisotopic (exact) mass is 374 g/mol. The topological polar surface area (TPSA) is 58.4 Å². The highest BCUT2D eigenvalue weighted by Crippen LogP contribution is 2.27. The molecule has 140 valence electrons. The number of likely N-dealkylation sites (tertiary alicyclic amines) is 2. The molecule has 0 aromatic carbocycles. The first-order chi connectivity index (χ1) is 12.5. The van der Waals surface area contributed by atoms with Crippen LogP contribution < -0.4 is 5.56 Å². The summed E-state index contributed by atoms with van der Waals surface area (Å²) in [6.07, 6.45) is 4.50. The standard InChI is InChI=1S/C19H26N4O2S/c1-13-14(2)26-18-17(13)19(25)23(12-16(24)22-9-5-6-10-22)15(20-18)11-21-7-3-4-8-21/h3-12H2,1-2H3. The molecule has 0 radical (unpaired) electrons. The highest BCUT2D eigenvalue weighted by atomic mass is 32.1. The summed E-state index contributed by atoms with van der Waals surface area (Å²) in [6, 6.07) is 0. The van der Waals surface area contributed by atoms with Gasteiger partial charge in [0.05, 0.1) is 11.9 Å². The number of hydrogen-bond acceptors (Lipinski definition) is 5. The zero-order chi connectivity index (χ0) is 18.3. The highest BCUT2D eigenvalue weighted by molar-refractivity contribution is 7.18. The fourth-order valence-corrected chi connectivity index (χ4v) is 5.03. The Labute approximate surface area is 157 Å². The van der Waals surface area contributed by atoms with Gasteiger partial charge in [-0.25, -0.2) is 4.98 Å². The molecule has 0 aliphatic carbocycles. The molecule has 2 saturated heterocycles. The molecule has 7 heteroatoms. The average molecular weight is 375 g/mol. The van der Waals surface area contributed by atoms with Gasteiger partial charge in [-0.1, -0.05) is 0 Å². The lowest BCUT2D eigenvalue weighted by Crippen LogP contribution is -2.37. The van der Waals surface area contributed by atoms with Crippen molar-refractivity contribution in [2.24, 2.45) is 0 Å². The number of amides is 1. The summed E-state index contributed by atoms with van der Waals surface area (Å²) in [7, 11) is 0. The van der Waals surface area contributed by atoms with Gasteiger partial charge < -0.3 is 4.90 Å². The molecule has 2 aromatic rings. The van der Waals surface area contributed by atoms with Crippen LogP contribution in [0.5, 0.6) is 0 Å². The van der Waals surface area contributed by atoms with Gasteiger partial charge in [-0.3, -0.25) is 19.1 Å². The number of carbonyl (C=O) groups excluding carboxylic acids is 1. The summed E-state index contributed by atoms with van der Waals surface area (Å²) < 4.78 is 1.64. The van der Waals surface area contributed by atoms with Crippen LogP contribution in [-0.2, 0) is 17.9 Å². The van der Waals surface area contributed by atoms with E-state index in [9.17, 15) is 9.59 Å². The summed E-state index contributed by atoms with van der Waals surface area (Å²) in [5.74, 6) is 0.774. The number of aryl methyl sites for hydroxylation is 2. The van der Waals surface area contributed by atoms with Crippen LogP contribution >= 0.6 is 11.3 Å². The van der Waals surface area contributed by atoms with E-state index in [1.54, 1.807) is 15.9 Å². The zero-order valence-electron chi connectivity index (χ0n) is 15.6. The van der Waals surface area contributed by atoms with Gasteiger partial charge in [0.25, 0.3) is 5.56 Å². The first-order valence-corrected chi connectivity index (χ1v) is 10.4. The summed E-state index contributed by atoms with van der Waals surface area (Å²) in [6.45, 7) is 8.45. The first kappa shape index (κ1) is 17.7. The van der Waals surface area contributed by atoms with Crippen LogP contribution in [0.2, 0.25) is 0 Å². The molecule has 2 fully saturated rings. The van der Waals surface area contributed by atoms with E-state index in [2.05, 4.69) is 4.90 Å². The lowest BCUT2D eigenvalue weighted by atomic mass is 10.2. The molecule has 2 aromatic heterocycles. The number of hydrogen-bond donors (Lipinski definition) is 0. The maximum Gasteiger partial charge on any atom is 0.263 e. The average Bonchev–Trinajstić information content (AvgIpc) is 3.34. The van der Waals surface area contributed by atoms with Crippen molar-refractivity contribution in [3.05, 3.63) is 26.6 Å². The predicted molar refractivity (Wildman–Crippen MR) is 104 cm³/mol. The van der Waals surface area contributed by atoms with Crippen molar-refractivity contribution in [2.45, 2.75) is 52.6 Å². The van der Waals surface area contributed by atoms with Crippen LogP contribution in [0.15, 0.2) is 4.79 Å². The number of nitrogens with zero attached hydrogens (tertiary/aromatic N) is 4. The summed E-state index contributed by atoms with van der Waals surface area (Å²) in [4.78, 5) is 36.9. The van der Waals surface area contributed by atoms with Gasteiger partial charge in [0.1, 0.15) is 17.2 Å². The van der Waals surface area contributed by atoms with E-state index in [0.717, 1.165) is 60.1 Å². The third-order valence-corrected chi connectivity index (χ3v) is 6.78. The Morgan fingerprint density at radius 2 is 1.73 bits per heavy atom. The van der Waals surface area contributed by atoms with E-state index < -0.39 is 0 Å². The Morgan fingerprint density at radius 3 is 2.42 bits per heavy atom. The van der Waals surface area contributed by atoms with Crippen molar-refractivity contribution in [1.29, 1.82) is 0 Å². The molecule has 0 bridgehead atoms. The Balaban J connectivity index is 1.75. The van der Waals surface area contributed by atoms with Crippen molar-refractivity contribution < 1.29 is 4.79 Å². The van der Waals surface area contributed by atoms with Crippen molar-refractivity contribution >= 4 is 27.5 Å². The van der Waals surface area contributed by atoms with Crippen molar-refractivity contribution in [2.75, 3.05) is 26.2 Å². The first-order valence-electron chi connectivity index (χ1n) is 9.54. The molecule has 4 heterocycles. The Bertz CT molecular complexity index is 889. The SMILES string of the molecule is Cc1sc2nc(CN3CCCC3)n(CC(=O)N3CCCC3)c(=O)c2c1C. The number of rotatable bonds is 4. The van der Waals surface area contributed by atoms with Crippen molar-refractivity contribution in [3.8, 4) is 0 Å². The van der Waals surface area contributed by atoms with E-state index in [1.807, 2.05) is 18.7 Å². The normalized spacial score (nSPS) is 18.3. The Hall–Kier alpha value is -1.73. The molecule has 26 heavy (non-hydrogen) atoms. The maximum absolute atomic E-state index is 13.2. The van der Waals surface area contributed by atoms with E-state index in [1.165, 1.54) is 12.8 Å². The predicted octanol–water partition coefficient (Wildman–Crippen LogP) is 2.29. The summed E-state index contributed by atoms with van der Waals surface area (Å²) in [5, 5.41) is 0.687. The molecule has 0 atom stereocenters. The smallest absolute Gasteiger partial charge is 0.263 e. The van der Waals surface area contributed by atoms with Crippen LogP contribution in [0.1, 0.15) is 41.9 Å². The van der Waals surface area contributed by atoms with Crippen LogP contribution in [0.25, 0.3) is 10.2 Å². The second-order valence-electron chi connectivity index (χ2n) is 7.45. The van der Waals surface area contributed by atoms with Gasteiger partial charge in [0, 0.05) is 18.0 Å². The van der Waals surface area contributed by atoms with Gasteiger partial charge in [-0.05, 0) is 58.2 Å². The minimum Gasteiger partial charge on any atom is -0.341 e. The second-order valence-corrected chi connectivity index (χ2v) is 8.66. The highest BCUT2D eigenvalue weighted by Gasteiger charge is 2.24. The maximum atomic E-state index is 13.2. The second kappa shape index (κ2) is 7.12. The van der Waals surface area contributed by atoms with E-state index in [0.29, 0.717) is 11.9 Å². The fraction of sp³-hybridized carbons (Fsp3) is 0.632. The minimum absolute atomic E-state index is 0.0398. The molecule has 0 unspecified atom stereocenters. The number of fused-ring (bicyclic) bond motifs is 1. The summed E-state index contributed by atoms with van der Waals surface area (Å²) >= 11 is 1.58.